The molecule has 0 saturated heterocycles. The molecule has 1 aromatic rings. The molecule has 1 unspecified atom stereocenters. The van der Waals surface area contributed by atoms with Crippen LogP contribution >= 0.6 is 0 Å². The standard InChI is InChI=1S/C13H25N3O2/c1-5-7-11(17-6-2)13-15-12(18-16-13)8-9-14-10(3)4/h10-11,14H,5-9H2,1-4H3. The van der Waals surface area contributed by atoms with Crippen molar-refractivity contribution in [2.45, 2.75) is 59.1 Å². The second kappa shape index (κ2) is 8.21. The van der Waals surface area contributed by atoms with Crippen LogP contribution in [0.15, 0.2) is 4.52 Å². The molecule has 0 amide bonds. The van der Waals surface area contributed by atoms with Crippen molar-refractivity contribution in [2.75, 3.05) is 13.2 Å². The Labute approximate surface area is 109 Å². The summed E-state index contributed by atoms with van der Waals surface area (Å²) in [6.45, 7) is 9.86. The van der Waals surface area contributed by atoms with Crippen molar-refractivity contribution in [1.82, 2.24) is 15.5 Å². The van der Waals surface area contributed by atoms with E-state index in [2.05, 4.69) is 36.2 Å². The van der Waals surface area contributed by atoms with Gasteiger partial charge in [-0.05, 0) is 13.3 Å². The molecule has 0 aliphatic carbocycles. The molecular formula is C13H25N3O2. The highest BCUT2D eigenvalue weighted by Gasteiger charge is 2.17. The molecule has 0 aromatic carbocycles. The molecule has 18 heavy (non-hydrogen) atoms. The summed E-state index contributed by atoms with van der Waals surface area (Å²) in [5.74, 6) is 1.36. The monoisotopic (exact) mass is 255 g/mol. The van der Waals surface area contributed by atoms with Gasteiger partial charge in [-0.2, -0.15) is 4.98 Å². The van der Waals surface area contributed by atoms with E-state index in [1.165, 1.54) is 0 Å². The van der Waals surface area contributed by atoms with Crippen LogP contribution in [0, 0.1) is 0 Å². The lowest BCUT2D eigenvalue weighted by Crippen LogP contribution is -2.25. The summed E-state index contributed by atoms with van der Waals surface area (Å²) in [5.41, 5.74) is 0. The minimum Gasteiger partial charge on any atom is -0.370 e. The summed E-state index contributed by atoms with van der Waals surface area (Å²) in [7, 11) is 0. The molecule has 1 rings (SSSR count). The average molecular weight is 255 g/mol. The maximum absolute atomic E-state index is 5.62. The van der Waals surface area contributed by atoms with Crippen molar-refractivity contribution < 1.29 is 9.26 Å². The normalized spacial score (nSPS) is 13.2. The molecule has 104 valence electrons. The summed E-state index contributed by atoms with van der Waals surface area (Å²) >= 11 is 0. The first-order valence-corrected chi connectivity index (χ1v) is 6.84. The van der Waals surface area contributed by atoms with Gasteiger partial charge in [0.1, 0.15) is 6.10 Å². The molecule has 0 aliphatic rings. The molecule has 0 saturated carbocycles. The molecule has 0 bridgehead atoms. The molecule has 1 aromatic heterocycles. The Kier molecular flexibility index (Phi) is 6.90. The van der Waals surface area contributed by atoms with Gasteiger partial charge >= 0.3 is 0 Å². The van der Waals surface area contributed by atoms with Crippen LogP contribution in [-0.2, 0) is 11.2 Å². The van der Waals surface area contributed by atoms with E-state index in [-0.39, 0.29) is 6.10 Å². The van der Waals surface area contributed by atoms with Crippen LogP contribution in [0.3, 0.4) is 0 Å². The fraction of sp³-hybridized carbons (Fsp3) is 0.846. The predicted molar refractivity (Wildman–Crippen MR) is 70.4 cm³/mol. The molecule has 0 radical (unpaired) electrons. The Hall–Kier alpha value is -0.940. The molecule has 1 N–H and O–H groups in total. The highest BCUT2D eigenvalue weighted by molar-refractivity contribution is 4.92. The number of ether oxygens (including phenoxy) is 1. The van der Waals surface area contributed by atoms with Gasteiger partial charge in [-0.25, -0.2) is 0 Å². The van der Waals surface area contributed by atoms with Crippen molar-refractivity contribution >= 4 is 0 Å². The van der Waals surface area contributed by atoms with E-state index in [4.69, 9.17) is 9.26 Å². The lowest BCUT2D eigenvalue weighted by atomic mass is 10.2. The maximum Gasteiger partial charge on any atom is 0.228 e. The van der Waals surface area contributed by atoms with Crippen molar-refractivity contribution in [2.24, 2.45) is 0 Å². The van der Waals surface area contributed by atoms with Crippen LogP contribution in [0.5, 0.6) is 0 Å². The first kappa shape index (κ1) is 15.1. The molecule has 0 fully saturated rings. The summed E-state index contributed by atoms with van der Waals surface area (Å²) in [6.07, 6.45) is 2.70. The lowest BCUT2D eigenvalue weighted by Gasteiger charge is -2.11. The second-order valence-corrected chi connectivity index (χ2v) is 4.64. The highest BCUT2D eigenvalue weighted by atomic mass is 16.5. The van der Waals surface area contributed by atoms with E-state index in [1.54, 1.807) is 0 Å². The van der Waals surface area contributed by atoms with E-state index >= 15 is 0 Å². The Balaban J connectivity index is 2.49. The number of hydrogen-bond acceptors (Lipinski definition) is 5. The summed E-state index contributed by atoms with van der Waals surface area (Å²) in [5, 5.41) is 7.34. The SMILES string of the molecule is CCCC(OCC)c1noc(CCNC(C)C)n1. The summed E-state index contributed by atoms with van der Waals surface area (Å²) in [4.78, 5) is 4.40. The van der Waals surface area contributed by atoms with Crippen LogP contribution in [0.4, 0.5) is 0 Å². The van der Waals surface area contributed by atoms with Gasteiger partial charge < -0.3 is 14.6 Å². The van der Waals surface area contributed by atoms with E-state index in [1.807, 2.05) is 6.92 Å². The van der Waals surface area contributed by atoms with Gasteiger partial charge in [0.2, 0.25) is 11.7 Å². The van der Waals surface area contributed by atoms with Crippen LogP contribution in [0.25, 0.3) is 0 Å². The van der Waals surface area contributed by atoms with Gasteiger partial charge in [-0.15, -0.1) is 0 Å². The number of hydrogen-bond donors (Lipinski definition) is 1. The number of nitrogens with zero attached hydrogens (tertiary/aromatic N) is 2. The molecule has 5 heteroatoms. The van der Waals surface area contributed by atoms with Crippen molar-refractivity contribution in [3.05, 3.63) is 11.7 Å². The van der Waals surface area contributed by atoms with E-state index in [0.717, 1.165) is 25.8 Å². The highest BCUT2D eigenvalue weighted by Crippen LogP contribution is 2.19. The molecule has 1 atom stereocenters. The smallest absolute Gasteiger partial charge is 0.228 e. The Morgan fingerprint density at radius 1 is 1.33 bits per heavy atom. The second-order valence-electron chi connectivity index (χ2n) is 4.64. The minimum absolute atomic E-state index is 0.0319. The zero-order valence-corrected chi connectivity index (χ0v) is 11.9. The number of rotatable bonds is 9. The van der Waals surface area contributed by atoms with Gasteiger partial charge in [0.05, 0.1) is 0 Å². The fourth-order valence-corrected chi connectivity index (χ4v) is 1.72. The molecule has 5 nitrogen and oxygen atoms in total. The Morgan fingerprint density at radius 2 is 2.11 bits per heavy atom. The Bertz CT molecular complexity index is 320. The van der Waals surface area contributed by atoms with Crippen LogP contribution in [0.1, 0.15) is 58.4 Å². The quantitative estimate of drug-likeness (QED) is 0.734. The molecule has 0 aliphatic heterocycles. The van der Waals surface area contributed by atoms with Gasteiger partial charge in [0.25, 0.3) is 0 Å². The largest absolute Gasteiger partial charge is 0.370 e. The van der Waals surface area contributed by atoms with Crippen molar-refractivity contribution in [3.63, 3.8) is 0 Å². The first-order valence-electron chi connectivity index (χ1n) is 6.84. The third kappa shape index (κ3) is 5.14. The zero-order chi connectivity index (χ0) is 13.4. The summed E-state index contributed by atoms with van der Waals surface area (Å²) < 4.78 is 10.9. The van der Waals surface area contributed by atoms with E-state index < -0.39 is 0 Å². The fourth-order valence-electron chi connectivity index (χ4n) is 1.72. The minimum atomic E-state index is -0.0319. The third-order valence-electron chi connectivity index (χ3n) is 2.58. The molecular weight excluding hydrogens is 230 g/mol. The Morgan fingerprint density at radius 3 is 2.72 bits per heavy atom. The van der Waals surface area contributed by atoms with Gasteiger partial charge in [-0.1, -0.05) is 32.3 Å². The van der Waals surface area contributed by atoms with Crippen LogP contribution in [-0.4, -0.2) is 29.3 Å². The van der Waals surface area contributed by atoms with Gasteiger partial charge in [0, 0.05) is 25.6 Å². The predicted octanol–water partition coefficient (Wildman–Crippen LogP) is 2.49. The third-order valence-corrected chi connectivity index (χ3v) is 2.58. The number of aromatic nitrogens is 2. The topological polar surface area (TPSA) is 60.2 Å². The number of nitrogens with one attached hydrogen (secondary N) is 1. The molecule has 0 spiro atoms. The zero-order valence-electron chi connectivity index (χ0n) is 11.9. The lowest BCUT2D eigenvalue weighted by molar-refractivity contribution is 0.0478. The maximum atomic E-state index is 5.62. The summed E-state index contributed by atoms with van der Waals surface area (Å²) in [6, 6.07) is 0.476. The van der Waals surface area contributed by atoms with Crippen LogP contribution < -0.4 is 5.32 Å². The molecule has 1 heterocycles. The van der Waals surface area contributed by atoms with Crippen molar-refractivity contribution in [3.8, 4) is 0 Å². The van der Waals surface area contributed by atoms with Crippen molar-refractivity contribution in [1.29, 1.82) is 0 Å². The van der Waals surface area contributed by atoms with E-state index in [0.29, 0.717) is 24.4 Å². The van der Waals surface area contributed by atoms with Crippen LogP contribution in [0.2, 0.25) is 0 Å². The van der Waals surface area contributed by atoms with Gasteiger partial charge in [0.15, 0.2) is 0 Å². The van der Waals surface area contributed by atoms with E-state index in [9.17, 15) is 0 Å². The average Bonchev–Trinajstić information content (AvgIpc) is 2.77. The first-order chi connectivity index (χ1) is 8.67. The van der Waals surface area contributed by atoms with Gasteiger partial charge in [-0.3, -0.25) is 0 Å².